The van der Waals surface area contributed by atoms with Gasteiger partial charge in [0.05, 0.1) is 18.8 Å². The number of rotatable bonds is 46. The lowest BCUT2D eigenvalue weighted by molar-refractivity contribution is -0.123. The third-order valence-electron chi connectivity index (χ3n) is 11.7. The first-order valence-electron chi connectivity index (χ1n) is 25.1. The van der Waals surface area contributed by atoms with E-state index in [9.17, 15) is 15.0 Å². The highest BCUT2D eigenvalue weighted by Crippen LogP contribution is 2.17. The fourth-order valence-corrected chi connectivity index (χ4v) is 7.83. The lowest BCUT2D eigenvalue weighted by atomic mass is 10.0. The minimum atomic E-state index is -0.856. The van der Waals surface area contributed by atoms with Crippen LogP contribution in [0.1, 0.15) is 277 Å². The molecule has 326 valence electrons. The van der Waals surface area contributed by atoms with Gasteiger partial charge in [-0.05, 0) is 25.7 Å². The fraction of sp³-hybridized carbons (Fsp3) is 0.902. The van der Waals surface area contributed by atoms with Crippen LogP contribution in [0, 0.1) is 0 Å². The minimum absolute atomic E-state index is 0.0728. The van der Waals surface area contributed by atoms with Gasteiger partial charge in [0.25, 0.3) is 0 Å². The van der Waals surface area contributed by atoms with Crippen LogP contribution in [-0.2, 0) is 4.79 Å². The van der Waals surface area contributed by atoms with Gasteiger partial charge in [0, 0.05) is 6.42 Å². The van der Waals surface area contributed by atoms with Gasteiger partial charge in [0.15, 0.2) is 0 Å². The fourth-order valence-electron chi connectivity index (χ4n) is 7.83. The van der Waals surface area contributed by atoms with E-state index < -0.39 is 12.1 Å². The van der Waals surface area contributed by atoms with Crippen LogP contribution in [0.2, 0.25) is 0 Å². The second-order valence-corrected chi connectivity index (χ2v) is 17.2. The predicted molar refractivity (Wildman–Crippen MR) is 244 cm³/mol. The van der Waals surface area contributed by atoms with Crippen molar-refractivity contribution in [2.45, 2.75) is 289 Å². The molecule has 0 rings (SSSR count). The molecule has 4 nitrogen and oxygen atoms in total. The first kappa shape index (κ1) is 53.9. The summed E-state index contributed by atoms with van der Waals surface area (Å²) < 4.78 is 0. The molecule has 4 heteroatoms. The summed E-state index contributed by atoms with van der Waals surface area (Å²) in [5, 5.41) is 22.8. The highest BCUT2D eigenvalue weighted by Gasteiger charge is 2.17. The van der Waals surface area contributed by atoms with Gasteiger partial charge in [-0.25, -0.2) is 0 Å². The molecule has 0 radical (unpaired) electrons. The van der Waals surface area contributed by atoms with E-state index in [0.29, 0.717) is 6.42 Å². The Hall–Kier alpha value is -1.13. The van der Waals surface area contributed by atoms with Crippen LogP contribution in [0.5, 0.6) is 0 Å². The number of carbonyl (C=O) groups excluding carboxylic acids is 1. The molecule has 3 N–H and O–H groups in total. The Balaban J connectivity index is 3.32. The van der Waals surface area contributed by atoms with Crippen molar-refractivity contribution in [2.24, 2.45) is 0 Å². The van der Waals surface area contributed by atoms with Crippen molar-refractivity contribution in [3.63, 3.8) is 0 Å². The molecule has 0 saturated heterocycles. The number of aliphatic hydroxyl groups is 2. The molecule has 2 unspecified atom stereocenters. The Morgan fingerprint density at radius 3 is 1.04 bits per heavy atom. The maximum absolute atomic E-state index is 12.3. The summed E-state index contributed by atoms with van der Waals surface area (Å²) >= 11 is 0. The molecule has 0 aromatic carbocycles. The minimum Gasteiger partial charge on any atom is -0.394 e. The molecule has 0 aliphatic heterocycles. The molecule has 0 saturated carbocycles. The van der Waals surface area contributed by atoms with Gasteiger partial charge in [-0.2, -0.15) is 0 Å². The number of nitrogens with one attached hydrogen (secondary N) is 1. The molecule has 0 fully saturated rings. The molecule has 0 spiro atoms. The molecular weight excluding hydrogens is 675 g/mol. The zero-order valence-electron chi connectivity index (χ0n) is 37.5. The van der Waals surface area contributed by atoms with Crippen LogP contribution in [-0.4, -0.2) is 34.9 Å². The molecule has 2 atom stereocenters. The highest BCUT2D eigenvalue weighted by atomic mass is 16.3. The van der Waals surface area contributed by atoms with Crippen molar-refractivity contribution in [1.29, 1.82) is 0 Å². The topological polar surface area (TPSA) is 69.6 Å². The molecule has 0 aromatic rings. The Morgan fingerprint density at radius 1 is 0.418 bits per heavy atom. The summed E-state index contributed by atoms with van der Waals surface area (Å²) in [6.45, 7) is 4.24. The Bertz CT molecular complexity index is 795. The lowest BCUT2D eigenvalue weighted by Crippen LogP contribution is -2.45. The number of unbranched alkanes of at least 4 members (excludes halogenated alkanes) is 37. The smallest absolute Gasteiger partial charge is 0.220 e. The lowest BCUT2D eigenvalue weighted by Gasteiger charge is -2.19. The third-order valence-corrected chi connectivity index (χ3v) is 11.7. The molecule has 1 amide bonds. The van der Waals surface area contributed by atoms with E-state index in [0.717, 1.165) is 32.1 Å². The zero-order valence-corrected chi connectivity index (χ0v) is 37.5. The molecular formula is C51H99NO3. The summed E-state index contributed by atoms with van der Waals surface area (Å²) in [5.41, 5.74) is 0. The van der Waals surface area contributed by atoms with Crippen LogP contribution < -0.4 is 5.32 Å². The van der Waals surface area contributed by atoms with Crippen molar-refractivity contribution >= 4 is 5.91 Å². The van der Waals surface area contributed by atoms with Crippen molar-refractivity contribution in [3.05, 3.63) is 24.3 Å². The summed E-state index contributed by atoms with van der Waals surface area (Å²) in [6.07, 6.45) is 62.2. The van der Waals surface area contributed by atoms with E-state index in [1.54, 1.807) is 6.08 Å². The third kappa shape index (κ3) is 43.8. The Kier molecular flexibility index (Phi) is 46.3. The van der Waals surface area contributed by atoms with E-state index >= 15 is 0 Å². The Labute approximate surface area is 345 Å². The highest BCUT2D eigenvalue weighted by molar-refractivity contribution is 5.76. The molecule has 0 aliphatic carbocycles. The number of amides is 1. The van der Waals surface area contributed by atoms with E-state index in [1.807, 2.05) is 6.08 Å². The summed E-state index contributed by atoms with van der Waals surface area (Å²) in [7, 11) is 0. The van der Waals surface area contributed by atoms with Gasteiger partial charge in [-0.3, -0.25) is 4.79 Å². The van der Waals surface area contributed by atoms with E-state index in [2.05, 4.69) is 31.3 Å². The molecule has 0 aromatic heterocycles. The monoisotopic (exact) mass is 774 g/mol. The van der Waals surface area contributed by atoms with Crippen LogP contribution in [0.3, 0.4) is 0 Å². The van der Waals surface area contributed by atoms with Gasteiger partial charge in [-0.1, -0.05) is 269 Å². The molecule has 0 bridgehead atoms. The number of hydrogen-bond donors (Lipinski definition) is 3. The maximum atomic E-state index is 12.3. The Morgan fingerprint density at radius 2 is 0.709 bits per heavy atom. The van der Waals surface area contributed by atoms with E-state index in [-0.39, 0.29) is 12.5 Å². The van der Waals surface area contributed by atoms with Crippen LogP contribution >= 0.6 is 0 Å². The second kappa shape index (κ2) is 47.2. The largest absolute Gasteiger partial charge is 0.394 e. The van der Waals surface area contributed by atoms with Gasteiger partial charge in [0.1, 0.15) is 0 Å². The van der Waals surface area contributed by atoms with Crippen LogP contribution in [0.4, 0.5) is 0 Å². The summed E-state index contributed by atoms with van der Waals surface area (Å²) in [5.74, 6) is -0.0728. The van der Waals surface area contributed by atoms with Crippen molar-refractivity contribution in [3.8, 4) is 0 Å². The summed E-state index contributed by atoms with van der Waals surface area (Å²) in [6, 6.07) is -0.633. The standard InChI is InChI=1S/C51H99NO3/c1-3-5-7-9-11-13-14-15-16-17-18-19-20-21-22-23-24-25-26-27-28-29-30-31-32-33-34-35-36-37-38-39-41-43-45-47-51(55)52-49(48-53)50(54)46-44-42-40-12-10-8-6-4-2/h10,12,44,46,49-50,53-54H,3-9,11,13-43,45,47-48H2,1-2H3,(H,52,55)/b12-10+,46-44+. The van der Waals surface area contributed by atoms with Crippen molar-refractivity contribution in [1.82, 2.24) is 5.32 Å². The predicted octanol–water partition coefficient (Wildman–Crippen LogP) is 16.0. The van der Waals surface area contributed by atoms with E-state index in [1.165, 1.54) is 225 Å². The number of carbonyl (C=O) groups is 1. The normalized spacial score (nSPS) is 13.0. The molecule has 0 aliphatic rings. The second-order valence-electron chi connectivity index (χ2n) is 17.2. The van der Waals surface area contributed by atoms with Gasteiger partial charge < -0.3 is 15.5 Å². The van der Waals surface area contributed by atoms with Gasteiger partial charge >= 0.3 is 0 Å². The van der Waals surface area contributed by atoms with E-state index in [4.69, 9.17) is 0 Å². The average molecular weight is 774 g/mol. The maximum Gasteiger partial charge on any atom is 0.220 e. The number of aliphatic hydroxyl groups excluding tert-OH is 2. The van der Waals surface area contributed by atoms with Crippen LogP contribution in [0.25, 0.3) is 0 Å². The zero-order chi connectivity index (χ0) is 40.0. The van der Waals surface area contributed by atoms with Gasteiger partial charge in [-0.15, -0.1) is 0 Å². The molecule has 0 heterocycles. The van der Waals surface area contributed by atoms with Crippen molar-refractivity contribution in [2.75, 3.05) is 6.61 Å². The number of hydrogen-bond acceptors (Lipinski definition) is 3. The molecule has 55 heavy (non-hydrogen) atoms. The van der Waals surface area contributed by atoms with Gasteiger partial charge in [0.2, 0.25) is 5.91 Å². The SMILES string of the molecule is CCCC/C=C/CC/C=C/C(O)C(CO)NC(=O)CCCCCCCCCCCCCCCCCCCCCCCCCCCCCCCCCCCCC. The van der Waals surface area contributed by atoms with Crippen LogP contribution in [0.15, 0.2) is 24.3 Å². The quantitative estimate of drug-likeness (QED) is 0.0426. The average Bonchev–Trinajstić information content (AvgIpc) is 3.19. The first-order valence-corrected chi connectivity index (χ1v) is 25.1. The first-order chi connectivity index (χ1) is 27.2. The number of allylic oxidation sites excluding steroid dienone is 3. The summed E-state index contributed by atoms with van der Waals surface area (Å²) in [4.78, 5) is 12.3. The van der Waals surface area contributed by atoms with Crippen molar-refractivity contribution < 1.29 is 15.0 Å².